The number of hydrogen-bond acceptors (Lipinski definition) is 3. The third-order valence-electron chi connectivity index (χ3n) is 3.58. The minimum Gasteiger partial charge on any atom is -0.309 e. The van der Waals surface area contributed by atoms with Gasteiger partial charge in [-0.2, -0.15) is 5.10 Å². The topological polar surface area (TPSA) is 33.1 Å². The van der Waals surface area contributed by atoms with Crippen molar-refractivity contribution < 1.29 is 0 Å². The Bertz CT molecular complexity index is 341. The highest BCUT2D eigenvalue weighted by Gasteiger charge is 2.32. The molecule has 98 valence electrons. The third-order valence-corrected chi connectivity index (χ3v) is 3.58. The Morgan fingerprint density at radius 2 is 2.06 bits per heavy atom. The van der Waals surface area contributed by atoms with E-state index in [1.165, 1.54) is 5.56 Å². The molecular formula is C13H26N4. The number of aromatic nitrogens is 2. The van der Waals surface area contributed by atoms with Crippen LogP contribution in [0.3, 0.4) is 0 Å². The molecule has 1 N–H and O–H groups in total. The van der Waals surface area contributed by atoms with Crippen LogP contribution in [0.15, 0.2) is 12.4 Å². The molecular weight excluding hydrogens is 212 g/mol. The van der Waals surface area contributed by atoms with E-state index in [0.29, 0.717) is 6.04 Å². The lowest BCUT2D eigenvalue weighted by Crippen LogP contribution is -2.49. The lowest BCUT2D eigenvalue weighted by Gasteiger charge is -2.40. The minimum atomic E-state index is 0.0532. The van der Waals surface area contributed by atoms with Crippen molar-refractivity contribution >= 4 is 0 Å². The maximum atomic E-state index is 4.37. The van der Waals surface area contributed by atoms with Gasteiger partial charge in [-0.1, -0.05) is 6.92 Å². The second kappa shape index (κ2) is 5.65. The molecule has 17 heavy (non-hydrogen) atoms. The first kappa shape index (κ1) is 14.2. The molecule has 0 spiro atoms. The molecule has 1 aromatic rings. The fourth-order valence-electron chi connectivity index (χ4n) is 1.94. The van der Waals surface area contributed by atoms with Gasteiger partial charge in [0.25, 0.3) is 0 Å². The maximum absolute atomic E-state index is 4.37. The van der Waals surface area contributed by atoms with Gasteiger partial charge in [0.05, 0.1) is 12.2 Å². The fourth-order valence-corrected chi connectivity index (χ4v) is 1.94. The number of nitrogens with zero attached hydrogens (tertiary/aromatic N) is 3. The van der Waals surface area contributed by atoms with Crippen molar-refractivity contribution in [2.75, 3.05) is 20.6 Å². The van der Waals surface area contributed by atoms with Crippen molar-refractivity contribution in [3.05, 3.63) is 18.0 Å². The van der Waals surface area contributed by atoms with Crippen LogP contribution in [0.4, 0.5) is 0 Å². The van der Waals surface area contributed by atoms with Crippen LogP contribution in [0.1, 0.15) is 39.3 Å². The molecule has 1 aromatic heterocycles. The Kier molecular flexibility index (Phi) is 4.71. The SMILES string of the molecule is CCNC(c1cnn(CC)c1)C(C)(C)N(C)C. The molecule has 0 fully saturated rings. The van der Waals surface area contributed by atoms with Gasteiger partial charge < -0.3 is 10.2 Å². The smallest absolute Gasteiger partial charge is 0.0538 e. The molecule has 0 saturated carbocycles. The Hall–Kier alpha value is -0.870. The van der Waals surface area contributed by atoms with Crippen LogP contribution in [0.5, 0.6) is 0 Å². The van der Waals surface area contributed by atoms with Crippen LogP contribution in [0.25, 0.3) is 0 Å². The Labute approximate surface area is 105 Å². The zero-order chi connectivity index (χ0) is 13.1. The van der Waals surface area contributed by atoms with Crippen LogP contribution < -0.4 is 5.32 Å². The highest BCUT2D eigenvalue weighted by atomic mass is 15.3. The minimum absolute atomic E-state index is 0.0532. The number of nitrogens with one attached hydrogen (secondary N) is 1. The number of hydrogen-bond donors (Lipinski definition) is 1. The van der Waals surface area contributed by atoms with Crippen molar-refractivity contribution in [2.45, 2.75) is 45.8 Å². The summed E-state index contributed by atoms with van der Waals surface area (Å²) >= 11 is 0. The molecule has 1 atom stereocenters. The summed E-state index contributed by atoms with van der Waals surface area (Å²) in [7, 11) is 4.24. The summed E-state index contributed by atoms with van der Waals surface area (Å²) in [5, 5.41) is 7.93. The molecule has 4 nitrogen and oxygen atoms in total. The van der Waals surface area contributed by atoms with Crippen LogP contribution in [-0.4, -0.2) is 40.9 Å². The second-order valence-corrected chi connectivity index (χ2v) is 5.17. The predicted molar refractivity (Wildman–Crippen MR) is 72.1 cm³/mol. The summed E-state index contributed by atoms with van der Waals surface area (Å²) in [4.78, 5) is 2.25. The number of likely N-dealkylation sites (N-methyl/N-ethyl adjacent to an activating group) is 2. The zero-order valence-electron chi connectivity index (χ0n) is 12.0. The molecule has 0 aliphatic carbocycles. The molecule has 1 heterocycles. The van der Waals surface area contributed by atoms with Gasteiger partial charge in [0.2, 0.25) is 0 Å². The van der Waals surface area contributed by atoms with Gasteiger partial charge in [0, 0.05) is 23.8 Å². The van der Waals surface area contributed by atoms with Gasteiger partial charge >= 0.3 is 0 Å². The molecule has 0 aromatic carbocycles. The third kappa shape index (κ3) is 3.07. The van der Waals surface area contributed by atoms with Crippen molar-refractivity contribution in [1.29, 1.82) is 0 Å². The number of rotatable bonds is 6. The quantitative estimate of drug-likeness (QED) is 0.821. The summed E-state index contributed by atoms with van der Waals surface area (Å²) in [6.07, 6.45) is 4.11. The summed E-state index contributed by atoms with van der Waals surface area (Å²) in [5.74, 6) is 0. The van der Waals surface area contributed by atoms with Gasteiger partial charge in [0.1, 0.15) is 0 Å². The highest BCUT2D eigenvalue weighted by Crippen LogP contribution is 2.29. The lowest BCUT2D eigenvalue weighted by molar-refractivity contribution is 0.139. The molecule has 0 radical (unpaired) electrons. The van der Waals surface area contributed by atoms with E-state index >= 15 is 0 Å². The monoisotopic (exact) mass is 238 g/mol. The van der Waals surface area contributed by atoms with Crippen molar-refractivity contribution in [2.24, 2.45) is 0 Å². The second-order valence-electron chi connectivity index (χ2n) is 5.17. The van der Waals surface area contributed by atoms with Gasteiger partial charge in [-0.3, -0.25) is 4.68 Å². The van der Waals surface area contributed by atoms with E-state index in [1.807, 2.05) is 10.9 Å². The molecule has 0 aliphatic heterocycles. The molecule has 0 bridgehead atoms. The average Bonchev–Trinajstić information content (AvgIpc) is 2.73. The van der Waals surface area contributed by atoms with Crippen molar-refractivity contribution in [3.8, 4) is 0 Å². The highest BCUT2D eigenvalue weighted by molar-refractivity contribution is 5.16. The molecule has 0 saturated heterocycles. The first-order valence-corrected chi connectivity index (χ1v) is 6.36. The lowest BCUT2D eigenvalue weighted by atomic mass is 9.89. The number of aryl methyl sites for hydroxylation is 1. The summed E-state index contributed by atoms with van der Waals surface area (Å²) in [6.45, 7) is 10.6. The fraction of sp³-hybridized carbons (Fsp3) is 0.769. The largest absolute Gasteiger partial charge is 0.309 e. The first-order valence-electron chi connectivity index (χ1n) is 6.36. The van der Waals surface area contributed by atoms with E-state index in [9.17, 15) is 0 Å². The van der Waals surface area contributed by atoms with E-state index in [0.717, 1.165) is 13.1 Å². The van der Waals surface area contributed by atoms with E-state index < -0.39 is 0 Å². The van der Waals surface area contributed by atoms with Crippen LogP contribution >= 0.6 is 0 Å². The average molecular weight is 238 g/mol. The Morgan fingerprint density at radius 3 is 2.47 bits per heavy atom. The molecule has 0 aliphatic rings. The van der Waals surface area contributed by atoms with Gasteiger partial charge in [-0.25, -0.2) is 0 Å². The Balaban J connectivity index is 3.00. The maximum Gasteiger partial charge on any atom is 0.0538 e. The van der Waals surface area contributed by atoms with Crippen LogP contribution in [-0.2, 0) is 6.54 Å². The van der Waals surface area contributed by atoms with Crippen molar-refractivity contribution in [1.82, 2.24) is 20.0 Å². The standard InChI is InChI=1S/C13H26N4/c1-7-14-12(13(3,4)16(5)6)11-9-15-17(8-2)10-11/h9-10,12,14H,7-8H2,1-6H3. The molecule has 4 heteroatoms. The summed E-state index contributed by atoms with van der Waals surface area (Å²) < 4.78 is 1.98. The normalized spacial score (nSPS) is 14.3. The van der Waals surface area contributed by atoms with Gasteiger partial charge in [0.15, 0.2) is 0 Å². The molecule has 1 unspecified atom stereocenters. The van der Waals surface area contributed by atoms with E-state index in [1.54, 1.807) is 0 Å². The molecule has 0 amide bonds. The Morgan fingerprint density at radius 1 is 1.41 bits per heavy atom. The van der Waals surface area contributed by atoms with Crippen LogP contribution in [0, 0.1) is 0 Å². The van der Waals surface area contributed by atoms with E-state index in [2.05, 4.69) is 63.3 Å². The van der Waals surface area contributed by atoms with E-state index in [-0.39, 0.29) is 5.54 Å². The van der Waals surface area contributed by atoms with Gasteiger partial charge in [-0.15, -0.1) is 0 Å². The molecule has 1 rings (SSSR count). The van der Waals surface area contributed by atoms with E-state index in [4.69, 9.17) is 0 Å². The predicted octanol–water partition coefficient (Wildman–Crippen LogP) is 1.89. The van der Waals surface area contributed by atoms with Gasteiger partial charge in [-0.05, 0) is 41.4 Å². The summed E-state index contributed by atoms with van der Waals surface area (Å²) in [6, 6.07) is 0.294. The van der Waals surface area contributed by atoms with Crippen LogP contribution in [0.2, 0.25) is 0 Å². The summed E-state index contributed by atoms with van der Waals surface area (Å²) in [5.41, 5.74) is 1.31. The zero-order valence-corrected chi connectivity index (χ0v) is 12.0. The van der Waals surface area contributed by atoms with Crippen molar-refractivity contribution in [3.63, 3.8) is 0 Å². The first-order chi connectivity index (χ1) is 7.93.